The van der Waals surface area contributed by atoms with E-state index in [1.54, 1.807) is 39.0 Å². The monoisotopic (exact) mass is 686 g/mol. The number of esters is 1. The second-order valence-corrected chi connectivity index (χ2v) is 13.1. The van der Waals surface area contributed by atoms with Gasteiger partial charge >= 0.3 is 5.97 Å². The van der Waals surface area contributed by atoms with Crippen LogP contribution in [0.25, 0.3) is 0 Å². The summed E-state index contributed by atoms with van der Waals surface area (Å²) in [5.41, 5.74) is 3.01. The van der Waals surface area contributed by atoms with E-state index in [9.17, 15) is 4.79 Å². The van der Waals surface area contributed by atoms with Gasteiger partial charge in [0.15, 0.2) is 6.29 Å². The fourth-order valence-corrected chi connectivity index (χ4v) is 5.60. The standard InChI is InChI=1S/C43H42O8/c1-43(2,3)51-41(45)33-25-36(49-28-31-17-9-5-10-18-31)39(37(26-33)50-29-32-19-11-6-12-20-32)40(44)38-34(42-46-23-14-24-47-42)21-13-22-35(38)48-27-30-15-7-4-8-16-30/h4-13,15-22,25-26,42H,14,23-24,27-29H2,1-3H3. The highest BCUT2D eigenvalue weighted by molar-refractivity contribution is 6.15. The third-order valence-corrected chi connectivity index (χ3v) is 8.01. The normalized spacial score (nSPS) is 13.3. The van der Waals surface area contributed by atoms with Crippen molar-refractivity contribution in [3.63, 3.8) is 0 Å². The van der Waals surface area contributed by atoms with Gasteiger partial charge < -0.3 is 28.4 Å². The van der Waals surface area contributed by atoms with Gasteiger partial charge in [-0.25, -0.2) is 4.79 Å². The Morgan fingerprint density at radius 3 is 1.55 bits per heavy atom. The van der Waals surface area contributed by atoms with Crippen LogP contribution in [0.1, 0.15) is 82.0 Å². The summed E-state index contributed by atoms with van der Waals surface area (Å²) in [6, 6.07) is 37.4. The van der Waals surface area contributed by atoms with Crippen molar-refractivity contribution in [1.29, 1.82) is 0 Å². The Bertz CT molecular complexity index is 1850. The molecule has 0 N–H and O–H groups in total. The molecular weight excluding hydrogens is 644 g/mol. The van der Waals surface area contributed by atoms with Crippen molar-refractivity contribution in [2.45, 2.75) is 58.9 Å². The molecule has 0 amide bonds. The largest absolute Gasteiger partial charge is 0.488 e. The van der Waals surface area contributed by atoms with Crippen LogP contribution in [0, 0.1) is 0 Å². The molecule has 8 heteroatoms. The summed E-state index contributed by atoms with van der Waals surface area (Å²) in [4.78, 5) is 28.8. The van der Waals surface area contributed by atoms with Crippen molar-refractivity contribution < 1.29 is 38.0 Å². The van der Waals surface area contributed by atoms with E-state index in [2.05, 4.69) is 0 Å². The molecule has 0 aromatic heterocycles. The van der Waals surface area contributed by atoms with Crippen molar-refractivity contribution in [1.82, 2.24) is 0 Å². The minimum Gasteiger partial charge on any atom is -0.488 e. The zero-order chi connectivity index (χ0) is 35.6. The Kier molecular flexibility index (Phi) is 11.5. The van der Waals surface area contributed by atoms with Crippen LogP contribution in [0.5, 0.6) is 17.2 Å². The van der Waals surface area contributed by atoms with E-state index in [-0.39, 0.29) is 48.0 Å². The molecule has 0 bridgehead atoms. The Labute approximate surface area is 298 Å². The summed E-state index contributed by atoms with van der Waals surface area (Å²) in [6.45, 7) is 6.84. The van der Waals surface area contributed by atoms with Gasteiger partial charge in [-0.3, -0.25) is 4.79 Å². The third kappa shape index (κ3) is 9.42. The number of carbonyl (C=O) groups excluding carboxylic acids is 2. The first-order valence-corrected chi connectivity index (χ1v) is 17.1. The van der Waals surface area contributed by atoms with Crippen LogP contribution in [0.15, 0.2) is 121 Å². The predicted octanol–water partition coefficient (Wildman–Crippen LogP) is 9.05. The number of hydrogen-bond donors (Lipinski definition) is 0. The average molecular weight is 687 g/mol. The Hall–Kier alpha value is -5.44. The zero-order valence-corrected chi connectivity index (χ0v) is 29.1. The number of benzene rings is 5. The molecule has 262 valence electrons. The van der Waals surface area contributed by atoms with Gasteiger partial charge in [-0.15, -0.1) is 0 Å². The lowest BCUT2D eigenvalue weighted by molar-refractivity contribution is -0.183. The van der Waals surface area contributed by atoms with Gasteiger partial charge in [0.05, 0.1) is 24.3 Å². The Morgan fingerprint density at radius 1 is 0.608 bits per heavy atom. The first-order chi connectivity index (χ1) is 24.7. The van der Waals surface area contributed by atoms with Gasteiger partial charge in [-0.1, -0.05) is 103 Å². The number of carbonyl (C=O) groups is 2. The molecule has 51 heavy (non-hydrogen) atoms. The highest BCUT2D eigenvalue weighted by Gasteiger charge is 2.32. The van der Waals surface area contributed by atoms with Gasteiger partial charge in [-0.05, 0) is 62.1 Å². The molecular formula is C43H42O8. The number of ketones is 1. The minimum atomic E-state index is -0.790. The molecule has 0 unspecified atom stereocenters. The van der Waals surface area contributed by atoms with E-state index in [1.165, 1.54) is 0 Å². The fraction of sp³-hybridized carbons (Fsp3) is 0.256. The number of rotatable bonds is 13. The van der Waals surface area contributed by atoms with Crippen LogP contribution in [0.2, 0.25) is 0 Å². The molecule has 1 aliphatic rings. The highest BCUT2D eigenvalue weighted by Crippen LogP contribution is 2.40. The fourth-order valence-electron chi connectivity index (χ4n) is 5.60. The number of hydrogen-bond acceptors (Lipinski definition) is 8. The number of ether oxygens (including phenoxy) is 6. The summed E-state index contributed by atoms with van der Waals surface area (Å²) in [5.74, 6) is -0.354. The molecule has 8 nitrogen and oxygen atoms in total. The van der Waals surface area contributed by atoms with E-state index < -0.39 is 23.6 Å². The molecule has 6 rings (SSSR count). The third-order valence-electron chi connectivity index (χ3n) is 8.01. The molecule has 0 radical (unpaired) electrons. The summed E-state index contributed by atoms with van der Waals surface area (Å²) in [6.07, 6.45) is -0.0493. The molecule has 1 saturated heterocycles. The van der Waals surface area contributed by atoms with Crippen molar-refractivity contribution in [3.05, 3.63) is 160 Å². The maximum atomic E-state index is 15.2. The van der Waals surface area contributed by atoms with E-state index in [4.69, 9.17) is 28.4 Å². The summed E-state index contributed by atoms with van der Waals surface area (Å²) in [7, 11) is 0. The Balaban J connectivity index is 1.50. The first-order valence-electron chi connectivity index (χ1n) is 17.1. The zero-order valence-electron chi connectivity index (χ0n) is 29.1. The maximum Gasteiger partial charge on any atom is 0.338 e. The molecule has 1 aliphatic heterocycles. The van der Waals surface area contributed by atoms with Crippen LogP contribution in [-0.4, -0.2) is 30.6 Å². The second-order valence-electron chi connectivity index (χ2n) is 13.1. The van der Waals surface area contributed by atoms with Gasteiger partial charge in [0, 0.05) is 5.56 Å². The van der Waals surface area contributed by atoms with Crippen LogP contribution < -0.4 is 14.2 Å². The van der Waals surface area contributed by atoms with E-state index in [0.717, 1.165) is 23.1 Å². The molecule has 0 atom stereocenters. The SMILES string of the molecule is CC(C)(C)OC(=O)c1cc(OCc2ccccc2)c(C(=O)c2c(OCc3ccccc3)cccc2C2OCCCO2)c(OCc2ccccc2)c1. The van der Waals surface area contributed by atoms with E-state index in [0.29, 0.717) is 24.5 Å². The van der Waals surface area contributed by atoms with Crippen LogP contribution in [0.3, 0.4) is 0 Å². The van der Waals surface area contributed by atoms with Crippen molar-refractivity contribution in [2.75, 3.05) is 13.2 Å². The summed E-state index contributed by atoms with van der Waals surface area (Å²) >= 11 is 0. The van der Waals surface area contributed by atoms with Crippen molar-refractivity contribution in [3.8, 4) is 17.2 Å². The maximum absolute atomic E-state index is 15.2. The smallest absolute Gasteiger partial charge is 0.338 e. The molecule has 5 aromatic rings. The quantitative estimate of drug-likeness (QED) is 0.0896. The molecule has 0 aliphatic carbocycles. The molecule has 1 fully saturated rings. The molecule has 1 heterocycles. The minimum absolute atomic E-state index is 0.127. The summed E-state index contributed by atoms with van der Waals surface area (Å²) in [5, 5.41) is 0. The van der Waals surface area contributed by atoms with Gasteiger partial charge in [0.25, 0.3) is 0 Å². The average Bonchev–Trinajstić information content (AvgIpc) is 3.15. The van der Waals surface area contributed by atoms with Crippen LogP contribution in [0.4, 0.5) is 0 Å². The summed E-state index contributed by atoms with van der Waals surface area (Å²) < 4.78 is 37.0. The lowest BCUT2D eigenvalue weighted by Gasteiger charge is -2.27. The van der Waals surface area contributed by atoms with Crippen molar-refractivity contribution in [2.24, 2.45) is 0 Å². The second kappa shape index (κ2) is 16.5. The highest BCUT2D eigenvalue weighted by atomic mass is 16.7. The van der Waals surface area contributed by atoms with E-state index in [1.807, 2.05) is 103 Å². The van der Waals surface area contributed by atoms with Gasteiger partial charge in [0.1, 0.15) is 48.2 Å². The lowest BCUT2D eigenvalue weighted by atomic mass is 9.94. The van der Waals surface area contributed by atoms with Crippen LogP contribution in [-0.2, 0) is 34.0 Å². The molecule has 0 spiro atoms. The predicted molar refractivity (Wildman–Crippen MR) is 193 cm³/mol. The lowest BCUT2D eigenvalue weighted by Crippen LogP contribution is -2.24. The Morgan fingerprint density at radius 2 is 1.08 bits per heavy atom. The van der Waals surface area contributed by atoms with Gasteiger partial charge in [-0.2, -0.15) is 0 Å². The van der Waals surface area contributed by atoms with Gasteiger partial charge in [0.2, 0.25) is 5.78 Å². The van der Waals surface area contributed by atoms with E-state index >= 15 is 4.79 Å². The van der Waals surface area contributed by atoms with Crippen LogP contribution >= 0.6 is 0 Å². The first kappa shape index (κ1) is 35.4. The van der Waals surface area contributed by atoms with Crippen molar-refractivity contribution >= 4 is 11.8 Å². The topological polar surface area (TPSA) is 89.5 Å². The molecule has 0 saturated carbocycles. The molecule has 5 aromatic carbocycles.